The van der Waals surface area contributed by atoms with Gasteiger partial charge in [-0.2, -0.15) is 0 Å². The van der Waals surface area contributed by atoms with Gasteiger partial charge in [0, 0.05) is 24.2 Å². The summed E-state index contributed by atoms with van der Waals surface area (Å²) in [6.45, 7) is 16.2. The Bertz CT molecular complexity index is 861. The molecule has 1 amide bonds. The number of anilines is 1. The molecule has 0 N–H and O–H groups in total. The van der Waals surface area contributed by atoms with E-state index in [2.05, 4.69) is 4.85 Å². The van der Waals surface area contributed by atoms with Gasteiger partial charge in [0.25, 0.3) is 0 Å². The van der Waals surface area contributed by atoms with Crippen molar-refractivity contribution < 1.29 is 9.59 Å². The number of carbonyl (C=O) groups excluding carboxylic acids is 2. The molecule has 1 heterocycles. The Kier molecular flexibility index (Phi) is 2.95. The molecular weight excluding hydrogens is 312 g/mol. The molecule has 4 nitrogen and oxygen atoms in total. The Labute approximate surface area is 149 Å². The first-order valence-electron chi connectivity index (χ1n) is 8.95. The van der Waals surface area contributed by atoms with Crippen molar-refractivity contribution in [2.45, 2.75) is 52.0 Å². The second-order valence-electron chi connectivity index (χ2n) is 9.05. The van der Waals surface area contributed by atoms with Crippen LogP contribution in [0.2, 0.25) is 0 Å². The van der Waals surface area contributed by atoms with E-state index in [0.29, 0.717) is 0 Å². The van der Waals surface area contributed by atoms with E-state index in [1.165, 1.54) is 0 Å². The van der Waals surface area contributed by atoms with Crippen molar-refractivity contribution in [3.63, 3.8) is 0 Å². The third kappa shape index (κ3) is 1.58. The van der Waals surface area contributed by atoms with Gasteiger partial charge in [-0.15, -0.1) is 0 Å². The zero-order valence-electron chi connectivity index (χ0n) is 15.5. The number of nitrogens with zero attached hydrogens (tertiary/aromatic N) is 2. The molecule has 25 heavy (non-hydrogen) atoms. The Balaban J connectivity index is 2.19. The van der Waals surface area contributed by atoms with E-state index in [1.54, 1.807) is 11.9 Å². The van der Waals surface area contributed by atoms with E-state index < -0.39 is 16.4 Å². The fraction of sp³-hybridized carbons (Fsp3) is 0.571. The summed E-state index contributed by atoms with van der Waals surface area (Å²) < 4.78 is 0. The number of likely N-dealkylation sites (N-methyl/N-ethyl adjacent to an activating group) is 1. The van der Waals surface area contributed by atoms with Crippen molar-refractivity contribution in [1.82, 2.24) is 0 Å². The average Bonchev–Trinajstić information content (AvgIpc) is 2.77. The third-order valence-electron chi connectivity index (χ3n) is 7.22. The van der Waals surface area contributed by atoms with E-state index in [1.807, 2.05) is 45.9 Å². The van der Waals surface area contributed by atoms with E-state index in [-0.39, 0.29) is 23.5 Å². The molecule has 130 valence electrons. The van der Waals surface area contributed by atoms with Gasteiger partial charge in [0.05, 0.1) is 16.9 Å². The number of hydrogen-bond acceptors (Lipinski definition) is 2. The van der Waals surface area contributed by atoms with Gasteiger partial charge >= 0.3 is 5.54 Å². The molecule has 1 aromatic carbocycles. The molecule has 3 aliphatic rings. The molecule has 1 aliphatic heterocycles. The van der Waals surface area contributed by atoms with Crippen molar-refractivity contribution in [3.8, 4) is 0 Å². The van der Waals surface area contributed by atoms with Crippen molar-refractivity contribution in [1.29, 1.82) is 0 Å². The Morgan fingerprint density at radius 3 is 2.52 bits per heavy atom. The SMILES string of the molecule is [C-]#[N+][C@]12C(=O)[C@H](CCC1(C)C)C(C)(C)[C@H]1C(=O)N(C)c3cccc2c31. The first-order chi connectivity index (χ1) is 11.6. The quantitative estimate of drug-likeness (QED) is 0.674. The molecule has 0 spiro atoms. The van der Waals surface area contributed by atoms with Gasteiger partial charge in [0.2, 0.25) is 11.7 Å². The van der Waals surface area contributed by atoms with Crippen molar-refractivity contribution in [2.24, 2.45) is 16.7 Å². The molecule has 2 aliphatic carbocycles. The highest BCUT2D eigenvalue weighted by Crippen LogP contribution is 2.64. The zero-order chi connectivity index (χ0) is 18.4. The van der Waals surface area contributed by atoms with Crippen LogP contribution in [0.25, 0.3) is 4.85 Å². The summed E-state index contributed by atoms with van der Waals surface area (Å²) in [6.07, 6.45) is 1.56. The second-order valence-corrected chi connectivity index (χ2v) is 9.05. The largest absolute Gasteiger partial charge is 0.320 e. The minimum absolute atomic E-state index is 0.0157. The molecule has 4 rings (SSSR count). The highest BCUT2D eigenvalue weighted by molar-refractivity contribution is 6.09. The molecule has 0 aromatic heterocycles. The maximum absolute atomic E-state index is 13.7. The van der Waals surface area contributed by atoms with Crippen LogP contribution in [0.15, 0.2) is 18.2 Å². The van der Waals surface area contributed by atoms with Gasteiger partial charge in [0.1, 0.15) is 0 Å². The highest BCUT2D eigenvalue weighted by Gasteiger charge is 2.70. The first-order valence-corrected chi connectivity index (χ1v) is 8.95. The van der Waals surface area contributed by atoms with Crippen LogP contribution in [0.3, 0.4) is 0 Å². The number of benzene rings is 1. The molecular formula is C21H24N2O2. The van der Waals surface area contributed by atoms with E-state index in [0.717, 1.165) is 29.7 Å². The Morgan fingerprint density at radius 1 is 1.20 bits per heavy atom. The molecule has 0 saturated heterocycles. The normalized spacial score (nSPS) is 34.3. The van der Waals surface area contributed by atoms with Crippen LogP contribution in [-0.4, -0.2) is 18.7 Å². The molecule has 1 saturated carbocycles. The van der Waals surface area contributed by atoms with Crippen LogP contribution < -0.4 is 4.90 Å². The maximum atomic E-state index is 13.7. The Morgan fingerprint density at radius 2 is 1.88 bits per heavy atom. The number of ketones is 1. The summed E-state index contributed by atoms with van der Waals surface area (Å²) >= 11 is 0. The second kappa shape index (κ2) is 4.52. The van der Waals surface area contributed by atoms with Crippen LogP contribution >= 0.6 is 0 Å². The predicted molar refractivity (Wildman–Crippen MR) is 96.2 cm³/mol. The topological polar surface area (TPSA) is 41.7 Å². The molecule has 1 fully saturated rings. The van der Waals surface area contributed by atoms with Gasteiger partial charge in [-0.05, 0) is 30.4 Å². The van der Waals surface area contributed by atoms with Crippen molar-refractivity contribution in [3.05, 3.63) is 40.7 Å². The molecule has 0 unspecified atom stereocenters. The number of hydrogen-bond donors (Lipinski definition) is 0. The van der Waals surface area contributed by atoms with Crippen molar-refractivity contribution in [2.75, 3.05) is 11.9 Å². The monoisotopic (exact) mass is 336 g/mol. The van der Waals surface area contributed by atoms with E-state index >= 15 is 0 Å². The fourth-order valence-electron chi connectivity index (χ4n) is 5.67. The first kappa shape index (κ1) is 16.3. The molecule has 0 radical (unpaired) electrons. The number of amides is 1. The van der Waals surface area contributed by atoms with Gasteiger partial charge in [-0.25, -0.2) is 6.57 Å². The standard InChI is InChI=1S/C21H24N2O2/c1-19(2)11-10-13-17(24)21(19,22-5)12-8-7-9-14-15(12)16(20(13,3)4)18(25)23(14)6/h7-9,13,16H,10-11H2,1-4,6H3/t13-,16+,21+/m0/s1. The lowest BCUT2D eigenvalue weighted by atomic mass is 9.54. The number of carbonyl (C=O) groups is 2. The highest BCUT2D eigenvalue weighted by atomic mass is 16.2. The maximum Gasteiger partial charge on any atom is 0.320 e. The van der Waals surface area contributed by atoms with Crippen LogP contribution in [0.5, 0.6) is 0 Å². The molecule has 4 heteroatoms. The van der Waals surface area contributed by atoms with Crippen molar-refractivity contribution >= 4 is 17.4 Å². The molecule has 1 aromatic rings. The summed E-state index contributed by atoms with van der Waals surface area (Å²) in [7, 11) is 1.80. The Hall–Kier alpha value is -2.15. The van der Waals surface area contributed by atoms with Crippen LogP contribution in [-0.2, 0) is 15.1 Å². The summed E-state index contributed by atoms with van der Waals surface area (Å²) in [6, 6.07) is 5.75. The summed E-state index contributed by atoms with van der Waals surface area (Å²) in [5, 5.41) is 0. The van der Waals surface area contributed by atoms with Crippen LogP contribution in [0.4, 0.5) is 5.69 Å². The van der Waals surface area contributed by atoms with Gasteiger partial charge in [-0.3, -0.25) is 14.4 Å². The number of Topliss-reactive ketones (excluding diaryl/α,β-unsaturated/α-hetero) is 1. The minimum Gasteiger partial charge on any atom is -0.315 e. The van der Waals surface area contributed by atoms with Crippen LogP contribution in [0.1, 0.15) is 57.6 Å². The van der Waals surface area contributed by atoms with E-state index in [4.69, 9.17) is 6.57 Å². The fourth-order valence-corrected chi connectivity index (χ4v) is 5.67. The minimum atomic E-state index is -1.20. The third-order valence-corrected chi connectivity index (χ3v) is 7.22. The predicted octanol–water partition coefficient (Wildman–Crippen LogP) is 3.91. The molecule has 2 bridgehead atoms. The molecule has 3 atom stereocenters. The van der Waals surface area contributed by atoms with Gasteiger partial charge in [0.15, 0.2) is 0 Å². The smallest absolute Gasteiger partial charge is 0.315 e. The number of fused-ring (bicyclic) bond motifs is 3. The zero-order valence-corrected chi connectivity index (χ0v) is 15.5. The summed E-state index contributed by atoms with van der Waals surface area (Å²) in [5.74, 6) is -0.557. The van der Waals surface area contributed by atoms with Gasteiger partial charge < -0.3 is 4.90 Å². The number of rotatable bonds is 0. The van der Waals surface area contributed by atoms with Gasteiger partial charge in [-0.1, -0.05) is 33.8 Å². The lowest BCUT2D eigenvalue weighted by molar-refractivity contribution is -0.140. The van der Waals surface area contributed by atoms with Crippen LogP contribution in [0, 0.1) is 23.3 Å². The van der Waals surface area contributed by atoms with E-state index in [9.17, 15) is 9.59 Å². The summed E-state index contributed by atoms with van der Waals surface area (Å²) in [4.78, 5) is 32.6. The lowest BCUT2D eigenvalue weighted by Crippen LogP contribution is -2.54. The lowest BCUT2D eigenvalue weighted by Gasteiger charge is -2.45. The summed E-state index contributed by atoms with van der Waals surface area (Å²) in [5.41, 5.74) is 0.410. The average molecular weight is 336 g/mol.